The molecule has 2 fully saturated rings. The molecule has 28 heavy (non-hydrogen) atoms. The minimum atomic E-state index is -0.744. The highest BCUT2D eigenvalue weighted by Gasteiger charge is 2.50. The number of hydrogen-bond acceptors (Lipinski definition) is 6. The van der Waals surface area contributed by atoms with Crippen molar-refractivity contribution >= 4 is 5.91 Å². The summed E-state index contributed by atoms with van der Waals surface area (Å²) < 4.78 is 11.1. The molecule has 3 N–H and O–H groups in total. The second-order valence-electron chi connectivity index (χ2n) is 8.20. The zero-order valence-electron chi connectivity index (χ0n) is 16.2. The number of hydrogen-bond donors (Lipinski definition) is 3. The summed E-state index contributed by atoms with van der Waals surface area (Å²) in [5, 5.41) is 13.6. The summed E-state index contributed by atoms with van der Waals surface area (Å²) in [6.07, 6.45) is 9.03. The van der Waals surface area contributed by atoms with Crippen LogP contribution in [0.3, 0.4) is 0 Å². The van der Waals surface area contributed by atoms with Gasteiger partial charge in [0.05, 0.1) is 29.6 Å². The molecule has 1 spiro atoms. The fourth-order valence-corrected chi connectivity index (χ4v) is 4.33. The Labute approximate surface area is 164 Å². The zero-order valence-corrected chi connectivity index (χ0v) is 16.2. The molecule has 0 aromatic carbocycles. The van der Waals surface area contributed by atoms with Crippen molar-refractivity contribution in [3.05, 3.63) is 42.4 Å². The van der Waals surface area contributed by atoms with E-state index in [-0.39, 0.29) is 18.1 Å². The molecule has 0 unspecified atom stereocenters. The molecule has 0 saturated carbocycles. The van der Waals surface area contributed by atoms with Crippen LogP contribution in [0.4, 0.5) is 0 Å². The maximum absolute atomic E-state index is 12.5. The summed E-state index contributed by atoms with van der Waals surface area (Å²) >= 11 is 0. The Balaban J connectivity index is 1.35. The van der Waals surface area contributed by atoms with Gasteiger partial charge in [0.25, 0.3) is 5.91 Å². The average molecular weight is 388 g/mol. The molecule has 8 nitrogen and oxygen atoms in total. The highest BCUT2D eigenvalue weighted by Crippen LogP contribution is 2.39. The predicted molar refractivity (Wildman–Crippen MR) is 102 cm³/mol. The molecule has 0 aliphatic carbocycles. The van der Waals surface area contributed by atoms with Crippen LogP contribution in [0.1, 0.15) is 42.4 Å². The molecule has 2 atom stereocenters. The van der Waals surface area contributed by atoms with Crippen LogP contribution in [0, 0.1) is 0 Å². The summed E-state index contributed by atoms with van der Waals surface area (Å²) in [7, 11) is 0. The molecule has 4 rings (SSSR count). The lowest BCUT2D eigenvalue weighted by Crippen LogP contribution is -2.65. The number of piperidine rings is 1. The summed E-state index contributed by atoms with van der Waals surface area (Å²) in [4.78, 5) is 22.3. The number of rotatable bonds is 5. The van der Waals surface area contributed by atoms with Gasteiger partial charge >= 0.3 is 0 Å². The molecule has 2 saturated heterocycles. The van der Waals surface area contributed by atoms with Gasteiger partial charge in [0.2, 0.25) is 0 Å². The third-order valence-electron chi connectivity index (χ3n) is 6.14. The number of carbonyl (C=O) groups is 1. The molecule has 0 radical (unpaired) electrons. The van der Waals surface area contributed by atoms with Crippen molar-refractivity contribution < 1.29 is 19.1 Å². The first-order valence-corrected chi connectivity index (χ1v) is 9.85. The number of imidazole rings is 1. The van der Waals surface area contributed by atoms with Gasteiger partial charge in [-0.2, -0.15) is 0 Å². The van der Waals surface area contributed by atoms with Crippen LogP contribution in [0.15, 0.2) is 35.4 Å². The Morgan fingerprint density at radius 1 is 1.46 bits per heavy atom. The van der Waals surface area contributed by atoms with Crippen molar-refractivity contribution in [2.45, 2.75) is 49.9 Å². The monoisotopic (exact) mass is 388 g/mol. The lowest BCUT2D eigenvalue weighted by molar-refractivity contribution is -0.177. The van der Waals surface area contributed by atoms with Crippen molar-refractivity contribution in [1.29, 1.82) is 0 Å². The minimum Gasteiger partial charge on any atom is -0.472 e. The van der Waals surface area contributed by atoms with Crippen LogP contribution in [0.2, 0.25) is 0 Å². The average Bonchev–Trinajstić information content (AvgIpc) is 3.38. The van der Waals surface area contributed by atoms with Crippen molar-refractivity contribution in [2.24, 2.45) is 0 Å². The largest absolute Gasteiger partial charge is 0.472 e. The first-order chi connectivity index (χ1) is 13.5. The summed E-state index contributed by atoms with van der Waals surface area (Å²) in [5.41, 5.74) is -0.580. The van der Waals surface area contributed by atoms with Gasteiger partial charge in [-0.15, -0.1) is 0 Å². The first kappa shape index (κ1) is 19.2. The van der Waals surface area contributed by atoms with Crippen LogP contribution in [0.5, 0.6) is 0 Å². The van der Waals surface area contributed by atoms with E-state index in [1.54, 1.807) is 12.3 Å². The van der Waals surface area contributed by atoms with Gasteiger partial charge in [0.1, 0.15) is 18.2 Å². The van der Waals surface area contributed by atoms with E-state index in [0.29, 0.717) is 12.0 Å². The standard InChI is InChI=1S/C20H28N4O4/c1-19(23-18(26)15-3-11-27-12-15)14-20(28-13-16(19)25)4-9-24(10-5-20)8-2-17-21-6-7-22-17/h3,6-7,11-12,16,25H,2,4-5,8-10,13-14H2,1H3,(H,21,22)(H,23,26)/t16-,19-/m1/s1. The summed E-state index contributed by atoms with van der Waals surface area (Å²) in [6.45, 7) is 4.96. The topological polar surface area (TPSA) is 104 Å². The highest BCUT2D eigenvalue weighted by molar-refractivity contribution is 5.94. The number of nitrogens with one attached hydrogen (secondary N) is 2. The third-order valence-corrected chi connectivity index (χ3v) is 6.14. The molecule has 152 valence electrons. The Morgan fingerprint density at radius 3 is 2.96 bits per heavy atom. The molecule has 1 amide bonds. The molecule has 4 heterocycles. The lowest BCUT2D eigenvalue weighted by atomic mass is 9.74. The van der Waals surface area contributed by atoms with E-state index in [1.165, 1.54) is 12.5 Å². The van der Waals surface area contributed by atoms with Crippen LogP contribution >= 0.6 is 0 Å². The number of likely N-dealkylation sites (tertiary alicyclic amines) is 1. The zero-order chi connectivity index (χ0) is 19.6. The van der Waals surface area contributed by atoms with E-state index < -0.39 is 11.6 Å². The molecule has 0 bridgehead atoms. The van der Waals surface area contributed by atoms with E-state index in [2.05, 4.69) is 20.2 Å². The van der Waals surface area contributed by atoms with Gasteiger partial charge in [0.15, 0.2) is 0 Å². The summed E-state index contributed by atoms with van der Waals surface area (Å²) in [6, 6.07) is 1.62. The SMILES string of the molecule is C[C@@]1(NC(=O)c2ccoc2)CC2(CCN(CCc3ncc[nH]3)CC2)OC[C@H]1O. The Bertz CT molecular complexity index is 768. The Morgan fingerprint density at radius 2 is 2.29 bits per heavy atom. The van der Waals surface area contributed by atoms with Gasteiger partial charge in [-0.1, -0.05) is 0 Å². The second-order valence-corrected chi connectivity index (χ2v) is 8.20. The Hall–Kier alpha value is -2.16. The van der Waals surface area contributed by atoms with Crippen LogP contribution in [0.25, 0.3) is 0 Å². The number of ether oxygens (including phenoxy) is 1. The van der Waals surface area contributed by atoms with Crippen molar-refractivity contribution in [1.82, 2.24) is 20.2 Å². The fraction of sp³-hybridized carbons (Fsp3) is 0.600. The summed E-state index contributed by atoms with van der Waals surface area (Å²) in [5.74, 6) is 0.773. The quantitative estimate of drug-likeness (QED) is 0.714. The number of H-pyrrole nitrogens is 1. The second kappa shape index (κ2) is 7.69. The number of aliphatic hydroxyl groups excluding tert-OH is 1. The van der Waals surface area contributed by atoms with Crippen molar-refractivity contribution in [2.75, 3.05) is 26.2 Å². The third kappa shape index (κ3) is 3.99. The molecular formula is C20H28N4O4. The molecular weight excluding hydrogens is 360 g/mol. The molecule has 2 aliphatic rings. The number of aromatic nitrogens is 2. The van der Waals surface area contributed by atoms with E-state index in [1.807, 2.05) is 13.1 Å². The maximum atomic E-state index is 12.5. The van der Waals surface area contributed by atoms with Crippen molar-refractivity contribution in [3.63, 3.8) is 0 Å². The van der Waals surface area contributed by atoms with Crippen LogP contribution in [-0.2, 0) is 11.2 Å². The van der Waals surface area contributed by atoms with E-state index in [0.717, 1.165) is 44.7 Å². The van der Waals surface area contributed by atoms with E-state index in [9.17, 15) is 9.90 Å². The van der Waals surface area contributed by atoms with Gasteiger partial charge < -0.3 is 29.5 Å². The number of furan rings is 1. The van der Waals surface area contributed by atoms with Crippen molar-refractivity contribution in [3.8, 4) is 0 Å². The Kier molecular flexibility index (Phi) is 5.27. The molecule has 2 aromatic rings. The molecule has 8 heteroatoms. The van der Waals surface area contributed by atoms with Gasteiger partial charge in [-0.25, -0.2) is 4.98 Å². The number of aliphatic hydroxyl groups is 1. The van der Waals surface area contributed by atoms with Crippen LogP contribution < -0.4 is 5.32 Å². The van der Waals surface area contributed by atoms with E-state index >= 15 is 0 Å². The predicted octanol–water partition coefficient (Wildman–Crippen LogP) is 1.35. The molecule has 2 aliphatic heterocycles. The normalized spacial score (nSPS) is 27.7. The van der Waals surface area contributed by atoms with Crippen LogP contribution in [-0.4, -0.2) is 69.4 Å². The number of carbonyl (C=O) groups excluding carboxylic acids is 1. The smallest absolute Gasteiger partial charge is 0.255 e. The van der Waals surface area contributed by atoms with Gasteiger partial charge in [-0.3, -0.25) is 4.79 Å². The van der Waals surface area contributed by atoms with Gasteiger partial charge in [-0.05, 0) is 25.8 Å². The number of nitrogens with zero attached hydrogens (tertiary/aromatic N) is 2. The first-order valence-electron chi connectivity index (χ1n) is 9.85. The highest BCUT2D eigenvalue weighted by atomic mass is 16.5. The van der Waals surface area contributed by atoms with E-state index in [4.69, 9.17) is 9.15 Å². The number of amides is 1. The fourth-order valence-electron chi connectivity index (χ4n) is 4.33. The minimum absolute atomic E-state index is 0.231. The maximum Gasteiger partial charge on any atom is 0.255 e. The number of aromatic amines is 1. The molecule has 2 aromatic heterocycles. The van der Waals surface area contributed by atoms with Gasteiger partial charge in [0, 0.05) is 44.9 Å². The lowest BCUT2D eigenvalue weighted by Gasteiger charge is -2.52.